The zero-order valence-electron chi connectivity index (χ0n) is 21.6. The Morgan fingerprint density at radius 1 is 0.485 bits per heavy atom. The van der Waals surface area contributed by atoms with Crippen LogP contribution in [0.15, 0.2) is 60.7 Å². The van der Waals surface area contributed by atoms with Crippen LogP contribution in [-0.2, 0) is 13.1 Å². The van der Waals surface area contributed by atoms with Crippen molar-refractivity contribution in [3.8, 4) is 0 Å². The number of hydrogen-bond acceptors (Lipinski definition) is 0. The third-order valence-electron chi connectivity index (χ3n) is 6.87. The first-order chi connectivity index (χ1) is 15.7. The summed E-state index contributed by atoms with van der Waals surface area (Å²) >= 11 is 0. The van der Waals surface area contributed by atoms with E-state index in [4.69, 9.17) is 0 Å². The average Bonchev–Trinajstić information content (AvgIpc) is 2.80. The number of quaternary nitrogens is 1. The summed E-state index contributed by atoms with van der Waals surface area (Å²) in [6.07, 6.45) is 20.0. The maximum atomic E-state index is 2.45. The molecule has 2 aromatic rings. The molecule has 0 aromatic heterocycles. The van der Waals surface area contributed by atoms with Gasteiger partial charge >= 0.3 is 0 Å². The van der Waals surface area contributed by atoms with Gasteiger partial charge in [-0.3, -0.25) is 0 Å². The Balaban J connectivity index is 0.00000544. The molecule has 0 fully saturated rings. The molecule has 0 bridgehead atoms. The van der Waals surface area contributed by atoms with Crippen molar-refractivity contribution in [2.45, 2.75) is 110 Å². The Hall–Kier alpha value is -1.12. The Bertz CT molecular complexity index is 628. The van der Waals surface area contributed by atoms with Gasteiger partial charge < -0.3 is 21.5 Å². The van der Waals surface area contributed by atoms with Gasteiger partial charge in [0.05, 0.1) is 13.6 Å². The molecule has 0 radical (unpaired) electrons. The lowest BCUT2D eigenvalue weighted by atomic mass is 10.0. The first-order valence-corrected chi connectivity index (χ1v) is 13.6. The van der Waals surface area contributed by atoms with Gasteiger partial charge in [-0.2, -0.15) is 0 Å². The fraction of sp³-hybridized carbons (Fsp3) is 0.613. The summed E-state index contributed by atoms with van der Waals surface area (Å²) in [4.78, 5) is 0. The smallest absolute Gasteiger partial charge is 0.104 e. The first-order valence-electron chi connectivity index (χ1n) is 13.6. The second-order valence-electron chi connectivity index (χ2n) is 10.2. The first kappa shape index (κ1) is 29.9. The number of rotatable bonds is 19. The molecule has 33 heavy (non-hydrogen) atoms. The molecule has 0 atom stereocenters. The quantitative estimate of drug-likeness (QED) is 0.151. The van der Waals surface area contributed by atoms with Crippen LogP contribution in [0, 0.1) is 0 Å². The summed E-state index contributed by atoms with van der Waals surface area (Å²) in [6.45, 7) is 5.80. The summed E-state index contributed by atoms with van der Waals surface area (Å²) in [6, 6.07) is 22.1. The minimum Gasteiger partial charge on any atom is -1.00 e. The zero-order chi connectivity index (χ0) is 22.7. The maximum absolute atomic E-state index is 2.45. The topological polar surface area (TPSA) is 0 Å². The number of benzene rings is 2. The Morgan fingerprint density at radius 3 is 1.18 bits per heavy atom. The molecule has 2 rings (SSSR count). The summed E-state index contributed by atoms with van der Waals surface area (Å²) in [7, 11) is 2.45. The predicted octanol–water partition coefficient (Wildman–Crippen LogP) is 6.32. The van der Waals surface area contributed by atoms with Gasteiger partial charge in [0.1, 0.15) is 13.1 Å². The summed E-state index contributed by atoms with van der Waals surface area (Å²) in [5, 5.41) is 0. The Morgan fingerprint density at radius 2 is 0.818 bits per heavy atom. The highest BCUT2D eigenvalue weighted by molar-refractivity contribution is 5.15. The van der Waals surface area contributed by atoms with Gasteiger partial charge in [-0.15, -0.1) is 0 Å². The maximum Gasteiger partial charge on any atom is 0.104 e. The second-order valence-corrected chi connectivity index (χ2v) is 10.2. The van der Waals surface area contributed by atoms with Gasteiger partial charge in [0.15, 0.2) is 0 Å². The van der Waals surface area contributed by atoms with Crippen LogP contribution in [0.1, 0.15) is 108 Å². The fourth-order valence-electron chi connectivity index (χ4n) is 4.95. The predicted molar refractivity (Wildman–Crippen MR) is 142 cm³/mol. The minimum absolute atomic E-state index is 0. The van der Waals surface area contributed by atoms with Crippen LogP contribution in [0.5, 0.6) is 0 Å². The molecule has 0 saturated heterocycles. The van der Waals surface area contributed by atoms with E-state index in [0.717, 1.165) is 17.6 Å². The van der Waals surface area contributed by atoms with Crippen LogP contribution in [-0.4, -0.2) is 18.1 Å². The van der Waals surface area contributed by atoms with Crippen LogP contribution in [0.2, 0.25) is 0 Å². The molecular formula is C31H50BrN. The van der Waals surface area contributed by atoms with E-state index in [1.165, 1.54) is 108 Å². The summed E-state index contributed by atoms with van der Waals surface area (Å²) in [5.74, 6) is 0. The van der Waals surface area contributed by atoms with Gasteiger partial charge in [0.2, 0.25) is 0 Å². The van der Waals surface area contributed by atoms with Crippen molar-refractivity contribution in [1.82, 2.24) is 0 Å². The number of unbranched alkanes of at least 4 members (excludes halogenated alkanes) is 13. The van der Waals surface area contributed by atoms with Crippen molar-refractivity contribution in [1.29, 1.82) is 0 Å². The standard InChI is InChI=1S/C31H50N.BrH/c1-3-4-5-6-7-8-9-10-11-12-13-14-15-22-27-32(2,28-30-23-18-16-19-24-30)29-31-25-20-17-21-26-31;/h16-21,23-26H,3-15,22,27-29H2,1-2H3;1H/q+1;/p-1. The van der Waals surface area contributed by atoms with E-state index in [1.807, 2.05) is 0 Å². The molecule has 0 saturated carbocycles. The second kappa shape index (κ2) is 19.2. The summed E-state index contributed by atoms with van der Waals surface area (Å²) < 4.78 is 1.10. The van der Waals surface area contributed by atoms with Gasteiger partial charge in [0.25, 0.3) is 0 Å². The Labute approximate surface area is 216 Å². The van der Waals surface area contributed by atoms with Gasteiger partial charge in [-0.1, -0.05) is 145 Å². The molecular weight excluding hydrogens is 466 g/mol. The molecule has 0 aliphatic heterocycles. The van der Waals surface area contributed by atoms with Crippen LogP contribution in [0.4, 0.5) is 0 Å². The van der Waals surface area contributed by atoms with E-state index in [0.29, 0.717) is 0 Å². The highest BCUT2D eigenvalue weighted by Gasteiger charge is 2.22. The molecule has 2 heteroatoms. The van der Waals surface area contributed by atoms with Crippen molar-refractivity contribution in [3.63, 3.8) is 0 Å². The van der Waals surface area contributed by atoms with Gasteiger partial charge in [-0.05, 0) is 12.8 Å². The minimum atomic E-state index is 0. The van der Waals surface area contributed by atoms with Crippen molar-refractivity contribution in [2.75, 3.05) is 13.6 Å². The number of halogens is 1. The van der Waals surface area contributed by atoms with E-state index >= 15 is 0 Å². The third kappa shape index (κ3) is 14.7. The fourth-order valence-corrected chi connectivity index (χ4v) is 4.95. The highest BCUT2D eigenvalue weighted by atomic mass is 79.9. The SMILES string of the molecule is CCCCCCCCCCCCCCCC[N+](C)(Cc1ccccc1)Cc1ccccc1.[Br-]. The lowest BCUT2D eigenvalue weighted by Gasteiger charge is -2.35. The zero-order valence-corrected chi connectivity index (χ0v) is 23.2. The van der Waals surface area contributed by atoms with E-state index in [2.05, 4.69) is 74.6 Å². The van der Waals surface area contributed by atoms with Crippen LogP contribution >= 0.6 is 0 Å². The Kier molecular flexibility index (Phi) is 17.4. The molecule has 0 aliphatic rings. The number of hydrogen-bond donors (Lipinski definition) is 0. The van der Waals surface area contributed by atoms with Crippen LogP contribution < -0.4 is 17.0 Å². The van der Waals surface area contributed by atoms with E-state index in [9.17, 15) is 0 Å². The molecule has 0 N–H and O–H groups in total. The van der Waals surface area contributed by atoms with Crippen molar-refractivity contribution in [2.24, 2.45) is 0 Å². The van der Waals surface area contributed by atoms with Gasteiger partial charge in [0, 0.05) is 11.1 Å². The van der Waals surface area contributed by atoms with Crippen molar-refractivity contribution in [3.05, 3.63) is 71.8 Å². The molecule has 0 aliphatic carbocycles. The monoisotopic (exact) mass is 515 g/mol. The molecule has 0 heterocycles. The van der Waals surface area contributed by atoms with Crippen LogP contribution in [0.3, 0.4) is 0 Å². The normalized spacial score (nSPS) is 11.3. The molecule has 0 unspecified atom stereocenters. The van der Waals surface area contributed by atoms with Crippen molar-refractivity contribution < 1.29 is 21.5 Å². The third-order valence-corrected chi connectivity index (χ3v) is 6.87. The largest absolute Gasteiger partial charge is 1.00 e. The highest BCUT2D eigenvalue weighted by Crippen LogP contribution is 2.20. The average molecular weight is 517 g/mol. The lowest BCUT2D eigenvalue weighted by Crippen LogP contribution is -3.00. The molecule has 0 spiro atoms. The van der Waals surface area contributed by atoms with Crippen molar-refractivity contribution >= 4 is 0 Å². The lowest BCUT2D eigenvalue weighted by molar-refractivity contribution is -0.935. The van der Waals surface area contributed by atoms with E-state index in [-0.39, 0.29) is 17.0 Å². The molecule has 186 valence electrons. The van der Waals surface area contributed by atoms with Gasteiger partial charge in [-0.25, -0.2) is 0 Å². The molecule has 2 aromatic carbocycles. The molecule has 0 amide bonds. The van der Waals surface area contributed by atoms with E-state index in [1.54, 1.807) is 0 Å². The van der Waals surface area contributed by atoms with E-state index < -0.39 is 0 Å². The summed E-state index contributed by atoms with van der Waals surface area (Å²) in [5.41, 5.74) is 2.91. The molecule has 1 nitrogen and oxygen atoms in total. The van der Waals surface area contributed by atoms with Crippen LogP contribution in [0.25, 0.3) is 0 Å². The number of nitrogens with zero attached hydrogens (tertiary/aromatic N) is 1.